The van der Waals surface area contributed by atoms with E-state index in [-0.39, 0.29) is 34.0 Å². The molecule has 0 bridgehead atoms. The second-order valence-corrected chi connectivity index (χ2v) is 10.4. The predicted octanol–water partition coefficient (Wildman–Crippen LogP) is 4.05. The molecule has 2 aromatic carbocycles. The third-order valence-corrected chi connectivity index (χ3v) is 6.68. The van der Waals surface area contributed by atoms with Gasteiger partial charge in [-0.05, 0) is 23.8 Å². The van der Waals surface area contributed by atoms with Crippen molar-refractivity contribution in [3.8, 4) is 5.75 Å². The summed E-state index contributed by atoms with van der Waals surface area (Å²) in [6, 6.07) is 15.1. The maximum atomic E-state index is 13.2. The Morgan fingerprint density at radius 3 is 2.41 bits per heavy atom. The minimum atomic E-state index is -3.93. The highest BCUT2D eigenvalue weighted by Crippen LogP contribution is 2.29. The molecule has 1 amide bonds. The number of hydrogen-bond donors (Lipinski definition) is 1. The lowest BCUT2D eigenvalue weighted by Gasteiger charge is -2.19. The number of nitrogens with one attached hydrogen (secondary N) is 1. The van der Waals surface area contributed by atoms with Crippen molar-refractivity contribution in [2.75, 3.05) is 19.5 Å². The van der Waals surface area contributed by atoms with Crippen LogP contribution >= 0.6 is 0 Å². The Balaban J connectivity index is 1.87. The Morgan fingerprint density at radius 1 is 1.12 bits per heavy atom. The molecule has 170 valence electrons. The molecule has 0 saturated carbocycles. The molecule has 0 aliphatic carbocycles. The molecule has 3 aromatic rings. The molecule has 8 nitrogen and oxygen atoms in total. The molecule has 9 heteroatoms. The van der Waals surface area contributed by atoms with Crippen LogP contribution in [0.2, 0.25) is 0 Å². The molecule has 0 aliphatic rings. The van der Waals surface area contributed by atoms with Crippen LogP contribution in [-0.4, -0.2) is 37.9 Å². The predicted molar refractivity (Wildman–Crippen MR) is 121 cm³/mol. The Hall–Kier alpha value is -3.17. The monoisotopic (exact) mass is 457 g/mol. The quantitative estimate of drug-likeness (QED) is 0.574. The minimum Gasteiger partial charge on any atom is -0.495 e. The molecule has 0 aliphatic heterocycles. The van der Waals surface area contributed by atoms with E-state index in [1.165, 1.54) is 36.7 Å². The van der Waals surface area contributed by atoms with Crippen LogP contribution in [0.4, 0.5) is 5.82 Å². The van der Waals surface area contributed by atoms with Crippen molar-refractivity contribution in [2.45, 2.75) is 37.6 Å². The number of benzene rings is 2. The number of ether oxygens (including phenoxy) is 1. The molecular weight excluding hydrogens is 430 g/mol. The third kappa shape index (κ3) is 5.17. The zero-order valence-corrected chi connectivity index (χ0v) is 19.6. The Morgan fingerprint density at radius 2 is 1.81 bits per heavy atom. The fourth-order valence-corrected chi connectivity index (χ4v) is 4.33. The molecule has 0 unspecified atom stereocenters. The molecule has 1 aromatic heterocycles. The number of methoxy groups -OCH3 is 1. The van der Waals surface area contributed by atoms with E-state index in [0.717, 1.165) is 5.56 Å². The smallest absolute Gasteiger partial charge is 0.256 e. The standard InChI is InChI=1S/C23H27N3O5S/c1-23(2,3)20-14-21(25-31-20)24-22(27)17-11-12-18(30-5)19(13-17)32(28,29)26(4)15-16-9-7-6-8-10-16/h6-14H,15H2,1-5H3,(H,24,25,27). The van der Waals surface area contributed by atoms with Crippen LogP contribution in [-0.2, 0) is 22.0 Å². The topological polar surface area (TPSA) is 102 Å². The lowest BCUT2D eigenvalue weighted by molar-refractivity contribution is 0.102. The number of carbonyl (C=O) groups excluding carboxylic acids is 1. The van der Waals surface area contributed by atoms with Crippen LogP contribution in [0.1, 0.15) is 42.5 Å². The van der Waals surface area contributed by atoms with Crippen LogP contribution in [0, 0.1) is 0 Å². The van der Waals surface area contributed by atoms with Crippen LogP contribution in [0.5, 0.6) is 5.75 Å². The van der Waals surface area contributed by atoms with Gasteiger partial charge in [0.25, 0.3) is 5.91 Å². The average molecular weight is 458 g/mol. The summed E-state index contributed by atoms with van der Waals surface area (Å²) in [5.41, 5.74) is 0.727. The third-order valence-electron chi connectivity index (χ3n) is 4.85. The van der Waals surface area contributed by atoms with E-state index in [4.69, 9.17) is 9.26 Å². The summed E-state index contributed by atoms with van der Waals surface area (Å²) in [5, 5.41) is 6.51. The van der Waals surface area contributed by atoms with Crippen molar-refractivity contribution < 1.29 is 22.5 Å². The van der Waals surface area contributed by atoms with E-state index in [0.29, 0.717) is 5.76 Å². The highest BCUT2D eigenvalue weighted by Gasteiger charge is 2.27. The van der Waals surface area contributed by atoms with Gasteiger partial charge in [0.15, 0.2) is 5.82 Å². The molecule has 32 heavy (non-hydrogen) atoms. The Labute approximate surface area is 188 Å². The molecule has 1 N–H and O–H groups in total. The molecule has 0 spiro atoms. The lowest BCUT2D eigenvalue weighted by Crippen LogP contribution is -2.27. The van der Waals surface area contributed by atoms with Gasteiger partial charge in [0.2, 0.25) is 10.0 Å². The molecular formula is C23H27N3O5S. The summed E-state index contributed by atoms with van der Waals surface area (Å²) in [4.78, 5) is 12.7. The second kappa shape index (κ2) is 9.13. The largest absolute Gasteiger partial charge is 0.495 e. The molecule has 0 radical (unpaired) electrons. The SMILES string of the molecule is COc1ccc(C(=O)Nc2cc(C(C)(C)C)on2)cc1S(=O)(=O)N(C)Cc1ccccc1. The zero-order valence-electron chi connectivity index (χ0n) is 18.7. The number of rotatable bonds is 7. The van der Waals surface area contributed by atoms with Gasteiger partial charge in [0, 0.05) is 30.6 Å². The van der Waals surface area contributed by atoms with Gasteiger partial charge in [-0.3, -0.25) is 4.79 Å². The summed E-state index contributed by atoms with van der Waals surface area (Å²) < 4.78 is 38.3. The maximum absolute atomic E-state index is 13.2. The fraction of sp³-hybridized carbons (Fsp3) is 0.304. The summed E-state index contributed by atoms with van der Waals surface area (Å²) >= 11 is 0. The van der Waals surface area contributed by atoms with Crippen molar-refractivity contribution in [3.05, 3.63) is 71.5 Å². The van der Waals surface area contributed by atoms with E-state index in [1.54, 1.807) is 6.07 Å². The van der Waals surface area contributed by atoms with Gasteiger partial charge in [-0.25, -0.2) is 8.42 Å². The highest BCUT2D eigenvalue weighted by molar-refractivity contribution is 7.89. The summed E-state index contributed by atoms with van der Waals surface area (Å²) in [6.07, 6.45) is 0. The summed E-state index contributed by atoms with van der Waals surface area (Å²) in [7, 11) is -1.06. The van der Waals surface area contributed by atoms with Crippen LogP contribution in [0.25, 0.3) is 0 Å². The van der Waals surface area contributed by atoms with Crippen molar-refractivity contribution >= 4 is 21.7 Å². The van der Waals surface area contributed by atoms with Gasteiger partial charge < -0.3 is 14.6 Å². The number of carbonyl (C=O) groups is 1. The van der Waals surface area contributed by atoms with Crippen LogP contribution in [0.3, 0.4) is 0 Å². The number of sulfonamides is 1. The van der Waals surface area contributed by atoms with Gasteiger partial charge >= 0.3 is 0 Å². The Bertz CT molecular complexity index is 1200. The molecule has 0 saturated heterocycles. The van der Waals surface area contributed by atoms with Crippen molar-refractivity contribution in [2.24, 2.45) is 0 Å². The molecule has 0 atom stereocenters. The molecule has 1 heterocycles. The van der Waals surface area contributed by atoms with E-state index in [2.05, 4.69) is 10.5 Å². The van der Waals surface area contributed by atoms with Crippen LogP contribution in [0.15, 0.2) is 64.0 Å². The van der Waals surface area contributed by atoms with E-state index in [9.17, 15) is 13.2 Å². The van der Waals surface area contributed by atoms with Crippen molar-refractivity contribution in [3.63, 3.8) is 0 Å². The van der Waals surface area contributed by atoms with Crippen LogP contribution < -0.4 is 10.1 Å². The summed E-state index contributed by atoms with van der Waals surface area (Å²) in [6.45, 7) is 6.07. The normalized spacial score (nSPS) is 12.1. The molecule has 3 rings (SSSR count). The van der Waals surface area contributed by atoms with E-state index >= 15 is 0 Å². The van der Waals surface area contributed by atoms with Crippen molar-refractivity contribution in [1.29, 1.82) is 0 Å². The highest BCUT2D eigenvalue weighted by atomic mass is 32.2. The second-order valence-electron chi connectivity index (χ2n) is 8.39. The van der Waals surface area contributed by atoms with Crippen molar-refractivity contribution in [1.82, 2.24) is 9.46 Å². The van der Waals surface area contributed by atoms with Gasteiger partial charge in [0.05, 0.1) is 7.11 Å². The number of nitrogens with zero attached hydrogens (tertiary/aromatic N) is 2. The first-order chi connectivity index (χ1) is 15.0. The zero-order chi connectivity index (χ0) is 23.5. The van der Waals surface area contributed by atoms with E-state index < -0.39 is 15.9 Å². The maximum Gasteiger partial charge on any atom is 0.256 e. The van der Waals surface area contributed by atoms with Gasteiger partial charge in [-0.2, -0.15) is 4.31 Å². The van der Waals surface area contributed by atoms with Gasteiger partial charge in [-0.1, -0.05) is 56.3 Å². The van der Waals surface area contributed by atoms with Gasteiger partial charge in [0.1, 0.15) is 16.4 Å². The number of hydrogen-bond acceptors (Lipinski definition) is 6. The van der Waals surface area contributed by atoms with E-state index in [1.807, 2.05) is 51.1 Å². The Kier molecular flexibility index (Phi) is 6.71. The lowest BCUT2D eigenvalue weighted by atomic mass is 9.93. The number of aromatic nitrogens is 1. The first-order valence-corrected chi connectivity index (χ1v) is 11.4. The average Bonchev–Trinajstić information content (AvgIpc) is 3.23. The first-order valence-electron chi connectivity index (χ1n) is 9.99. The number of anilines is 1. The number of amides is 1. The minimum absolute atomic E-state index is 0.0957. The van der Waals surface area contributed by atoms with Gasteiger partial charge in [-0.15, -0.1) is 0 Å². The molecule has 0 fully saturated rings. The first kappa shape index (κ1) is 23.5. The fourth-order valence-electron chi connectivity index (χ4n) is 2.99. The summed E-state index contributed by atoms with van der Waals surface area (Å²) in [5.74, 6) is 0.510.